The SMILES string of the molecule is Cc1ccc(-n2c(SCc3noc(C(C)(C)C)n3)nnc2-c2ccncc2)cc1. The molecule has 148 valence electrons. The number of aromatic nitrogens is 6. The van der Waals surface area contributed by atoms with E-state index in [2.05, 4.69) is 56.5 Å². The molecule has 0 unspecified atom stereocenters. The Morgan fingerprint density at radius 3 is 2.38 bits per heavy atom. The molecule has 0 saturated heterocycles. The van der Waals surface area contributed by atoms with Gasteiger partial charge >= 0.3 is 0 Å². The van der Waals surface area contributed by atoms with Crippen molar-refractivity contribution in [2.24, 2.45) is 0 Å². The summed E-state index contributed by atoms with van der Waals surface area (Å²) < 4.78 is 7.44. The van der Waals surface area contributed by atoms with Gasteiger partial charge in [-0.15, -0.1) is 10.2 Å². The maximum atomic E-state index is 5.40. The molecule has 7 nitrogen and oxygen atoms in total. The molecule has 0 spiro atoms. The zero-order valence-corrected chi connectivity index (χ0v) is 17.6. The third kappa shape index (κ3) is 4.22. The first-order valence-electron chi connectivity index (χ1n) is 9.30. The van der Waals surface area contributed by atoms with Gasteiger partial charge in [0.25, 0.3) is 0 Å². The first-order chi connectivity index (χ1) is 13.9. The van der Waals surface area contributed by atoms with Gasteiger partial charge in [0.2, 0.25) is 5.89 Å². The molecule has 0 bridgehead atoms. The molecular weight excluding hydrogens is 384 g/mol. The molecule has 0 fully saturated rings. The lowest BCUT2D eigenvalue weighted by molar-refractivity contribution is 0.319. The number of hydrogen-bond acceptors (Lipinski definition) is 7. The summed E-state index contributed by atoms with van der Waals surface area (Å²) in [5.41, 5.74) is 2.97. The second-order valence-electron chi connectivity index (χ2n) is 7.77. The highest BCUT2D eigenvalue weighted by atomic mass is 32.2. The molecule has 0 aliphatic rings. The molecule has 0 aliphatic carbocycles. The molecule has 0 aliphatic heterocycles. The van der Waals surface area contributed by atoms with Gasteiger partial charge in [-0.1, -0.05) is 55.4 Å². The summed E-state index contributed by atoms with van der Waals surface area (Å²) in [5.74, 6) is 2.58. The largest absolute Gasteiger partial charge is 0.339 e. The van der Waals surface area contributed by atoms with Gasteiger partial charge in [0.1, 0.15) is 0 Å². The Balaban J connectivity index is 1.67. The van der Waals surface area contributed by atoms with Crippen LogP contribution in [-0.4, -0.2) is 29.9 Å². The summed E-state index contributed by atoms with van der Waals surface area (Å²) in [6.07, 6.45) is 3.51. The van der Waals surface area contributed by atoms with Crippen molar-refractivity contribution >= 4 is 11.8 Å². The lowest BCUT2D eigenvalue weighted by Gasteiger charge is -2.10. The standard InChI is InChI=1S/C21H22N6OS/c1-14-5-7-16(8-6-14)27-18(15-9-11-22-12-10-15)24-25-20(27)29-13-17-23-19(28-26-17)21(2,3)4/h5-12H,13H2,1-4H3. The minimum absolute atomic E-state index is 0.174. The van der Waals surface area contributed by atoms with Crippen LogP contribution >= 0.6 is 11.8 Å². The smallest absolute Gasteiger partial charge is 0.232 e. The van der Waals surface area contributed by atoms with Crippen LogP contribution in [0.25, 0.3) is 17.1 Å². The van der Waals surface area contributed by atoms with Gasteiger partial charge in [0.15, 0.2) is 16.8 Å². The second kappa shape index (κ2) is 7.79. The van der Waals surface area contributed by atoms with E-state index >= 15 is 0 Å². The highest BCUT2D eigenvalue weighted by molar-refractivity contribution is 7.98. The van der Waals surface area contributed by atoms with E-state index in [0.717, 1.165) is 22.2 Å². The van der Waals surface area contributed by atoms with Crippen LogP contribution < -0.4 is 0 Å². The normalized spacial score (nSPS) is 11.7. The van der Waals surface area contributed by atoms with Crippen molar-refractivity contribution in [3.63, 3.8) is 0 Å². The molecular formula is C21H22N6OS. The highest BCUT2D eigenvalue weighted by Crippen LogP contribution is 2.30. The van der Waals surface area contributed by atoms with E-state index in [0.29, 0.717) is 17.5 Å². The first kappa shape index (κ1) is 19.3. The molecule has 4 aromatic rings. The average molecular weight is 407 g/mol. The fourth-order valence-corrected chi connectivity index (χ4v) is 3.52. The second-order valence-corrected chi connectivity index (χ2v) is 8.71. The van der Waals surface area contributed by atoms with E-state index in [1.807, 2.05) is 37.5 Å². The Morgan fingerprint density at radius 2 is 1.72 bits per heavy atom. The van der Waals surface area contributed by atoms with Crippen molar-refractivity contribution in [1.29, 1.82) is 0 Å². The number of pyridine rings is 1. The summed E-state index contributed by atoms with van der Waals surface area (Å²) in [5, 5.41) is 13.7. The number of hydrogen-bond donors (Lipinski definition) is 0. The number of rotatable bonds is 5. The summed E-state index contributed by atoms with van der Waals surface area (Å²) in [6.45, 7) is 8.21. The molecule has 1 aromatic carbocycles. The van der Waals surface area contributed by atoms with Gasteiger partial charge < -0.3 is 4.52 Å². The maximum absolute atomic E-state index is 5.40. The lowest BCUT2D eigenvalue weighted by atomic mass is 9.97. The Labute approximate surface area is 173 Å². The van der Waals surface area contributed by atoms with Crippen LogP contribution in [0.1, 0.15) is 38.0 Å². The Bertz CT molecular complexity index is 1100. The van der Waals surface area contributed by atoms with Gasteiger partial charge in [0, 0.05) is 29.1 Å². The molecule has 0 amide bonds. The van der Waals surface area contributed by atoms with Crippen LogP contribution in [0.15, 0.2) is 58.5 Å². The zero-order chi connectivity index (χ0) is 20.4. The number of nitrogens with zero attached hydrogens (tertiary/aromatic N) is 6. The molecule has 8 heteroatoms. The predicted octanol–water partition coefficient (Wildman–Crippen LogP) is 4.61. The Kier molecular flexibility index (Phi) is 5.19. The molecule has 0 saturated carbocycles. The summed E-state index contributed by atoms with van der Waals surface area (Å²) >= 11 is 1.53. The monoisotopic (exact) mass is 406 g/mol. The maximum Gasteiger partial charge on any atom is 0.232 e. The summed E-state index contributed by atoms with van der Waals surface area (Å²) in [7, 11) is 0. The number of thioether (sulfide) groups is 1. The van der Waals surface area contributed by atoms with Crippen LogP contribution in [-0.2, 0) is 11.2 Å². The third-order valence-corrected chi connectivity index (χ3v) is 5.23. The molecule has 0 radical (unpaired) electrons. The van der Waals surface area contributed by atoms with E-state index in [9.17, 15) is 0 Å². The molecule has 3 heterocycles. The van der Waals surface area contributed by atoms with Gasteiger partial charge in [-0.25, -0.2) is 0 Å². The van der Waals surface area contributed by atoms with E-state index in [4.69, 9.17) is 4.52 Å². The van der Waals surface area contributed by atoms with Gasteiger partial charge in [-0.05, 0) is 31.2 Å². The fourth-order valence-electron chi connectivity index (χ4n) is 2.72. The lowest BCUT2D eigenvalue weighted by Crippen LogP contribution is -2.11. The van der Waals surface area contributed by atoms with Gasteiger partial charge in [-0.3, -0.25) is 9.55 Å². The summed E-state index contributed by atoms with van der Waals surface area (Å²) in [6, 6.07) is 12.2. The van der Waals surface area contributed by atoms with Crippen molar-refractivity contribution in [2.75, 3.05) is 0 Å². The minimum atomic E-state index is -0.174. The quantitative estimate of drug-likeness (QED) is 0.448. The van der Waals surface area contributed by atoms with Crippen LogP contribution in [0.2, 0.25) is 0 Å². The average Bonchev–Trinajstić information content (AvgIpc) is 3.35. The molecule has 4 rings (SSSR count). The molecule has 0 atom stereocenters. The summed E-state index contributed by atoms with van der Waals surface area (Å²) in [4.78, 5) is 8.61. The van der Waals surface area contributed by atoms with E-state index in [1.165, 1.54) is 17.3 Å². The van der Waals surface area contributed by atoms with Crippen molar-refractivity contribution in [2.45, 2.75) is 44.0 Å². The van der Waals surface area contributed by atoms with Crippen LogP contribution in [0.3, 0.4) is 0 Å². The Hall–Kier alpha value is -3.00. The first-order valence-corrected chi connectivity index (χ1v) is 10.3. The van der Waals surface area contributed by atoms with Gasteiger partial charge in [-0.2, -0.15) is 4.98 Å². The van der Waals surface area contributed by atoms with Crippen molar-refractivity contribution < 1.29 is 4.52 Å². The zero-order valence-electron chi connectivity index (χ0n) is 16.8. The molecule has 3 aromatic heterocycles. The Morgan fingerprint density at radius 1 is 1.00 bits per heavy atom. The van der Waals surface area contributed by atoms with Crippen molar-refractivity contribution in [1.82, 2.24) is 29.9 Å². The predicted molar refractivity (Wildman–Crippen MR) is 112 cm³/mol. The van der Waals surface area contributed by atoms with Crippen LogP contribution in [0.4, 0.5) is 0 Å². The van der Waals surface area contributed by atoms with E-state index < -0.39 is 0 Å². The number of aryl methyl sites for hydroxylation is 1. The van der Waals surface area contributed by atoms with Crippen LogP contribution in [0, 0.1) is 6.92 Å². The van der Waals surface area contributed by atoms with E-state index in [1.54, 1.807) is 12.4 Å². The highest BCUT2D eigenvalue weighted by Gasteiger charge is 2.22. The third-order valence-electron chi connectivity index (χ3n) is 4.30. The topological polar surface area (TPSA) is 82.5 Å². The molecule has 0 N–H and O–H groups in total. The molecule has 29 heavy (non-hydrogen) atoms. The fraction of sp³-hybridized carbons (Fsp3) is 0.286. The minimum Gasteiger partial charge on any atom is -0.339 e. The van der Waals surface area contributed by atoms with Crippen molar-refractivity contribution in [3.8, 4) is 17.1 Å². The van der Waals surface area contributed by atoms with E-state index in [-0.39, 0.29) is 5.41 Å². The van der Waals surface area contributed by atoms with Gasteiger partial charge in [0.05, 0.1) is 5.75 Å². The van der Waals surface area contributed by atoms with Crippen molar-refractivity contribution in [3.05, 3.63) is 66.1 Å². The van der Waals surface area contributed by atoms with Crippen LogP contribution in [0.5, 0.6) is 0 Å². The number of benzene rings is 1.